The van der Waals surface area contributed by atoms with Gasteiger partial charge in [-0.15, -0.1) is 0 Å². The van der Waals surface area contributed by atoms with Crippen LogP contribution >= 0.6 is 11.6 Å². The van der Waals surface area contributed by atoms with Crippen LogP contribution in [0.3, 0.4) is 0 Å². The van der Waals surface area contributed by atoms with E-state index >= 15 is 0 Å². The van der Waals surface area contributed by atoms with Crippen LogP contribution in [-0.4, -0.2) is 13.0 Å². The smallest absolute Gasteiger partial charge is 0.282 e. The van der Waals surface area contributed by atoms with E-state index in [1.165, 1.54) is 18.2 Å². The molecule has 0 aliphatic carbocycles. The maximum absolute atomic E-state index is 10.5. The molecule has 0 bridgehead atoms. The zero-order chi connectivity index (χ0) is 8.48. The second-order valence-corrected chi connectivity index (χ2v) is 3.59. The molecule has 0 aromatic heterocycles. The maximum atomic E-state index is 10.5. The van der Waals surface area contributed by atoms with Gasteiger partial charge in [0.15, 0.2) is 0 Å². The Morgan fingerprint density at radius 1 is 1.55 bits per heavy atom. The molecule has 0 atom stereocenters. The molecule has 0 heterocycles. The van der Waals surface area contributed by atoms with Crippen LogP contribution in [0.4, 0.5) is 0 Å². The van der Waals surface area contributed by atoms with Crippen molar-refractivity contribution in [3.8, 4) is 0 Å². The van der Waals surface area contributed by atoms with Crippen molar-refractivity contribution in [2.75, 3.05) is 0 Å². The third-order valence-electron chi connectivity index (χ3n) is 1.05. The largest absolute Gasteiger partial charge is 0.296 e. The predicted molar refractivity (Wildman–Crippen MR) is 40.1 cm³/mol. The Labute approximate surface area is 69.4 Å². The number of rotatable bonds is 1. The van der Waals surface area contributed by atoms with Crippen molar-refractivity contribution < 1.29 is 13.0 Å². The number of hydrogen-bond acceptors (Lipinski definition) is 2. The summed E-state index contributed by atoms with van der Waals surface area (Å²) in [4.78, 5) is -0.318. The summed E-state index contributed by atoms with van der Waals surface area (Å²) in [5.41, 5.74) is 0. The summed E-state index contributed by atoms with van der Waals surface area (Å²) in [6.07, 6.45) is 0. The van der Waals surface area contributed by atoms with Crippen LogP contribution in [0, 0.1) is 6.07 Å². The molecular weight excluding hydrogens is 188 g/mol. The Bertz CT molecular complexity index is 358. The summed E-state index contributed by atoms with van der Waals surface area (Å²) in [6.45, 7) is 0. The number of benzene rings is 1. The molecule has 0 saturated carbocycles. The van der Waals surface area contributed by atoms with Crippen LogP contribution in [0.15, 0.2) is 23.1 Å². The third-order valence-corrected chi connectivity index (χ3v) is 2.37. The van der Waals surface area contributed by atoms with Crippen LogP contribution in [0.5, 0.6) is 0 Å². The minimum atomic E-state index is -4.20. The fourth-order valence-electron chi connectivity index (χ4n) is 0.600. The van der Waals surface area contributed by atoms with Crippen molar-refractivity contribution in [3.05, 3.63) is 29.3 Å². The van der Waals surface area contributed by atoms with Crippen LogP contribution in [-0.2, 0) is 10.1 Å². The van der Waals surface area contributed by atoms with Crippen LogP contribution in [0.25, 0.3) is 0 Å². The van der Waals surface area contributed by atoms with E-state index < -0.39 is 10.1 Å². The molecular formula is C6H4ClO3S. The van der Waals surface area contributed by atoms with E-state index in [0.717, 1.165) is 0 Å². The van der Waals surface area contributed by atoms with Gasteiger partial charge >= 0.3 is 0 Å². The summed E-state index contributed by atoms with van der Waals surface area (Å²) in [7, 11) is -4.20. The molecule has 59 valence electrons. The highest BCUT2D eigenvalue weighted by molar-refractivity contribution is 7.86. The molecule has 0 spiro atoms. The molecule has 11 heavy (non-hydrogen) atoms. The lowest BCUT2D eigenvalue weighted by Crippen LogP contribution is -1.98. The normalized spacial score (nSPS) is 11.5. The van der Waals surface area contributed by atoms with Gasteiger partial charge in [-0.25, -0.2) is 0 Å². The number of halogens is 1. The molecule has 5 heteroatoms. The van der Waals surface area contributed by atoms with Crippen molar-refractivity contribution in [2.45, 2.75) is 4.90 Å². The molecule has 1 N–H and O–H groups in total. The standard InChI is InChI=1S/C6H4ClO3S/c7-5-3-1-2-4-6(5)11(8,9)10/h1-2,4H,(H,8,9,10). The van der Waals surface area contributed by atoms with Gasteiger partial charge in [-0.3, -0.25) is 4.55 Å². The summed E-state index contributed by atoms with van der Waals surface area (Å²) in [5.74, 6) is 0. The van der Waals surface area contributed by atoms with Gasteiger partial charge in [-0.2, -0.15) is 8.42 Å². The van der Waals surface area contributed by atoms with E-state index in [0.29, 0.717) is 0 Å². The minimum Gasteiger partial charge on any atom is -0.282 e. The minimum absolute atomic E-state index is 0.102. The van der Waals surface area contributed by atoms with E-state index in [4.69, 9.17) is 16.2 Å². The van der Waals surface area contributed by atoms with Gasteiger partial charge in [-0.1, -0.05) is 23.7 Å². The summed E-state index contributed by atoms with van der Waals surface area (Å²) >= 11 is 5.41. The van der Waals surface area contributed by atoms with Crippen molar-refractivity contribution in [3.63, 3.8) is 0 Å². The molecule has 1 radical (unpaired) electrons. The van der Waals surface area contributed by atoms with E-state index in [9.17, 15) is 8.42 Å². The van der Waals surface area contributed by atoms with Gasteiger partial charge in [0.05, 0.1) is 5.02 Å². The van der Waals surface area contributed by atoms with Gasteiger partial charge in [0, 0.05) is 6.07 Å². The first-order valence-corrected chi connectivity index (χ1v) is 4.47. The Hall–Kier alpha value is -0.580. The van der Waals surface area contributed by atoms with Gasteiger partial charge in [-0.05, 0) is 6.07 Å². The first kappa shape index (κ1) is 8.52. The van der Waals surface area contributed by atoms with Crippen LogP contribution in [0.1, 0.15) is 0 Å². The molecule has 0 saturated heterocycles. The van der Waals surface area contributed by atoms with Gasteiger partial charge in [0.2, 0.25) is 0 Å². The van der Waals surface area contributed by atoms with Crippen molar-refractivity contribution >= 4 is 21.7 Å². The average Bonchev–Trinajstić information content (AvgIpc) is 1.86. The predicted octanol–water partition coefficient (Wildman–Crippen LogP) is 1.39. The second-order valence-electron chi connectivity index (χ2n) is 1.82. The van der Waals surface area contributed by atoms with Crippen LogP contribution < -0.4 is 0 Å². The fraction of sp³-hybridized carbons (Fsp3) is 0. The lowest BCUT2D eigenvalue weighted by atomic mass is 10.4. The van der Waals surface area contributed by atoms with Gasteiger partial charge < -0.3 is 0 Å². The summed E-state index contributed by atoms with van der Waals surface area (Å²) in [6, 6.07) is 6.52. The van der Waals surface area contributed by atoms with Crippen molar-refractivity contribution in [2.24, 2.45) is 0 Å². The highest BCUT2D eigenvalue weighted by atomic mass is 35.5. The molecule has 1 aromatic rings. The highest BCUT2D eigenvalue weighted by Gasteiger charge is 2.12. The Morgan fingerprint density at radius 3 is 2.55 bits per heavy atom. The van der Waals surface area contributed by atoms with Gasteiger partial charge in [0.25, 0.3) is 10.1 Å². The van der Waals surface area contributed by atoms with E-state index in [2.05, 4.69) is 6.07 Å². The monoisotopic (exact) mass is 191 g/mol. The van der Waals surface area contributed by atoms with Crippen LogP contribution in [0.2, 0.25) is 5.02 Å². The topological polar surface area (TPSA) is 54.4 Å². The average molecular weight is 192 g/mol. The first-order valence-electron chi connectivity index (χ1n) is 2.65. The highest BCUT2D eigenvalue weighted by Crippen LogP contribution is 2.18. The molecule has 0 aliphatic heterocycles. The Kier molecular flexibility index (Phi) is 2.17. The molecule has 0 unspecified atom stereocenters. The lowest BCUT2D eigenvalue weighted by Gasteiger charge is -1.96. The molecule has 1 rings (SSSR count). The van der Waals surface area contributed by atoms with Gasteiger partial charge in [0.1, 0.15) is 4.90 Å². The lowest BCUT2D eigenvalue weighted by molar-refractivity contribution is 0.483. The zero-order valence-electron chi connectivity index (χ0n) is 5.28. The Balaban J connectivity index is 3.37. The Morgan fingerprint density at radius 2 is 2.18 bits per heavy atom. The quantitative estimate of drug-likeness (QED) is 0.683. The summed E-state index contributed by atoms with van der Waals surface area (Å²) < 4.78 is 29.5. The first-order chi connectivity index (χ1) is 5.02. The molecule has 3 nitrogen and oxygen atoms in total. The number of hydrogen-bond donors (Lipinski definition) is 1. The molecule has 0 amide bonds. The van der Waals surface area contributed by atoms with E-state index in [1.807, 2.05) is 0 Å². The van der Waals surface area contributed by atoms with Crippen molar-refractivity contribution in [1.29, 1.82) is 0 Å². The van der Waals surface area contributed by atoms with E-state index in [-0.39, 0.29) is 9.92 Å². The SMILES string of the molecule is O=S(=O)(O)c1ccc[c]c1Cl. The second kappa shape index (κ2) is 2.81. The molecule has 1 aromatic carbocycles. The molecule has 0 fully saturated rings. The van der Waals surface area contributed by atoms with Crippen molar-refractivity contribution in [1.82, 2.24) is 0 Å². The zero-order valence-corrected chi connectivity index (χ0v) is 6.85. The fourth-order valence-corrected chi connectivity index (χ4v) is 1.55. The molecule has 0 aliphatic rings. The summed E-state index contributed by atoms with van der Waals surface area (Å²) in [5, 5.41) is -0.102. The maximum Gasteiger partial charge on any atom is 0.296 e. The van der Waals surface area contributed by atoms with E-state index in [1.54, 1.807) is 0 Å². The third kappa shape index (κ3) is 1.92.